The normalized spacial score (nSPS) is 13.3. The number of nitrogen functional groups attached to an aromatic ring is 1. The Morgan fingerprint density at radius 3 is 2.52 bits per heavy atom. The highest BCUT2D eigenvalue weighted by molar-refractivity contribution is 7.89. The zero-order chi connectivity index (χ0) is 16.0. The van der Waals surface area contributed by atoms with Crippen molar-refractivity contribution in [3.8, 4) is 0 Å². The first kappa shape index (κ1) is 18.6. The van der Waals surface area contributed by atoms with Gasteiger partial charge in [-0.05, 0) is 25.5 Å². The molecule has 0 aliphatic heterocycles. The molecule has 1 rings (SSSR count). The average Bonchev–Trinajstić information content (AvgIpc) is 2.40. The molecule has 0 saturated carbocycles. The van der Waals surface area contributed by atoms with Crippen LogP contribution in [0, 0.1) is 0 Å². The summed E-state index contributed by atoms with van der Waals surface area (Å²) in [4.78, 5) is -0.0357. The highest BCUT2D eigenvalue weighted by Gasteiger charge is 2.22. The Morgan fingerprint density at radius 2 is 1.90 bits per heavy atom. The van der Waals surface area contributed by atoms with E-state index in [-0.39, 0.29) is 26.7 Å². The van der Waals surface area contributed by atoms with E-state index in [0.29, 0.717) is 0 Å². The van der Waals surface area contributed by atoms with Gasteiger partial charge in [-0.3, -0.25) is 0 Å². The third-order valence-corrected chi connectivity index (χ3v) is 5.71. The van der Waals surface area contributed by atoms with Crippen LogP contribution < -0.4 is 10.5 Å². The number of anilines is 1. The Balaban J connectivity index is 2.76. The fraction of sp³-hybridized carbons (Fsp3) is 0.571. The summed E-state index contributed by atoms with van der Waals surface area (Å²) in [5.41, 5.74) is 5.75. The van der Waals surface area contributed by atoms with E-state index < -0.39 is 10.0 Å². The standard InChI is InChI=1S/C14H22Cl2N2O2S/c1-3-4-5-6-7-10(2)18-21(19,20)12-9-8-11(15)14(17)13(12)16/h8-10,18H,3-7,17H2,1-2H3. The summed E-state index contributed by atoms with van der Waals surface area (Å²) >= 11 is 11.8. The molecule has 1 aromatic carbocycles. The maximum absolute atomic E-state index is 12.3. The molecule has 0 bridgehead atoms. The maximum Gasteiger partial charge on any atom is 0.242 e. The second-order valence-electron chi connectivity index (χ2n) is 5.14. The number of benzene rings is 1. The molecule has 0 aliphatic carbocycles. The predicted molar refractivity (Wildman–Crippen MR) is 89.4 cm³/mol. The molecule has 3 N–H and O–H groups in total. The van der Waals surface area contributed by atoms with Crippen LogP contribution in [0.1, 0.15) is 46.0 Å². The molecule has 0 aromatic heterocycles. The summed E-state index contributed by atoms with van der Waals surface area (Å²) < 4.78 is 27.3. The van der Waals surface area contributed by atoms with Gasteiger partial charge in [-0.1, -0.05) is 55.8 Å². The van der Waals surface area contributed by atoms with Crippen molar-refractivity contribution >= 4 is 38.9 Å². The Kier molecular flexibility index (Phi) is 7.27. The Hall–Kier alpha value is -0.490. The lowest BCUT2D eigenvalue weighted by molar-refractivity contribution is 0.522. The molecular weight excluding hydrogens is 331 g/mol. The minimum Gasteiger partial charge on any atom is -0.396 e. The molecule has 4 nitrogen and oxygen atoms in total. The Labute approximate surface area is 137 Å². The van der Waals surface area contributed by atoms with Crippen molar-refractivity contribution in [2.45, 2.75) is 56.9 Å². The quantitative estimate of drug-likeness (QED) is 0.543. The first-order valence-electron chi connectivity index (χ1n) is 7.05. The van der Waals surface area contributed by atoms with E-state index in [0.717, 1.165) is 25.7 Å². The van der Waals surface area contributed by atoms with E-state index in [1.165, 1.54) is 18.6 Å². The molecule has 0 spiro atoms. The first-order chi connectivity index (χ1) is 9.79. The van der Waals surface area contributed by atoms with Gasteiger partial charge in [-0.25, -0.2) is 13.1 Å². The number of unbranched alkanes of at least 4 members (excludes halogenated alkanes) is 3. The summed E-state index contributed by atoms with van der Waals surface area (Å²) in [6.07, 6.45) is 5.21. The van der Waals surface area contributed by atoms with Crippen molar-refractivity contribution in [2.75, 3.05) is 5.73 Å². The van der Waals surface area contributed by atoms with Crippen LogP contribution in [0.4, 0.5) is 5.69 Å². The van der Waals surface area contributed by atoms with E-state index in [1.807, 2.05) is 6.92 Å². The van der Waals surface area contributed by atoms with E-state index >= 15 is 0 Å². The van der Waals surface area contributed by atoms with Crippen LogP contribution in [-0.2, 0) is 10.0 Å². The van der Waals surface area contributed by atoms with E-state index in [4.69, 9.17) is 28.9 Å². The largest absolute Gasteiger partial charge is 0.396 e. The topological polar surface area (TPSA) is 72.2 Å². The number of nitrogens with one attached hydrogen (secondary N) is 1. The van der Waals surface area contributed by atoms with Gasteiger partial charge in [0.25, 0.3) is 0 Å². The van der Waals surface area contributed by atoms with Gasteiger partial charge in [0.1, 0.15) is 4.90 Å². The van der Waals surface area contributed by atoms with Gasteiger partial charge in [-0.2, -0.15) is 0 Å². The summed E-state index contributed by atoms with van der Waals surface area (Å²) in [7, 11) is -3.69. The molecule has 120 valence electrons. The van der Waals surface area contributed by atoms with Gasteiger partial charge in [0.05, 0.1) is 15.7 Å². The highest BCUT2D eigenvalue weighted by Crippen LogP contribution is 2.33. The molecule has 1 atom stereocenters. The molecule has 7 heteroatoms. The molecule has 1 unspecified atom stereocenters. The Bertz CT molecular complexity index is 577. The van der Waals surface area contributed by atoms with Crippen molar-refractivity contribution in [1.29, 1.82) is 0 Å². The zero-order valence-corrected chi connectivity index (χ0v) is 14.7. The van der Waals surface area contributed by atoms with Gasteiger partial charge in [0.15, 0.2) is 0 Å². The van der Waals surface area contributed by atoms with Gasteiger partial charge in [0, 0.05) is 6.04 Å². The summed E-state index contributed by atoms with van der Waals surface area (Å²) in [6, 6.07) is 2.65. The van der Waals surface area contributed by atoms with Crippen LogP contribution in [0.2, 0.25) is 10.0 Å². The molecule has 1 aromatic rings. The van der Waals surface area contributed by atoms with Crippen LogP contribution >= 0.6 is 23.2 Å². The van der Waals surface area contributed by atoms with Crippen LogP contribution in [-0.4, -0.2) is 14.5 Å². The van der Waals surface area contributed by atoms with E-state index in [2.05, 4.69) is 11.6 Å². The van der Waals surface area contributed by atoms with Gasteiger partial charge in [0.2, 0.25) is 10.0 Å². The second kappa shape index (κ2) is 8.22. The molecule has 0 amide bonds. The molecular formula is C14H22Cl2N2O2S. The monoisotopic (exact) mass is 352 g/mol. The van der Waals surface area contributed by atoms with E-state index in [1.54, 1.807) is 0 Å². The highest BCUT2D eigenvalue weighted by atomic mass is 35.5. The average molecular weight is 353 g/mol. The van der Waals surface area contributed by atoms with Crippen molar-refractivity contribution in [3.63, 3.8) is 0 Å². The van der Waals surface area contributed by atoms with Crippen molar-refractivity contribution in [2.24, 2.45) is 0 Å². The van der Waals surface area contributed by atoms with Crippen LogP contribution in [0.25, 0.3) is 0 Å². The zero-order valence-electron chi connectivity index (χ0n) is 12.3. The smallest absolute Gasteiger partial charge is 0.242 e. The van der Waals surface area contributed by atoms with Crippen LogP contribution in [0.5, 0.6) is 0 Å². The lowest BCUT2D eigenvalue weighted by Crippen LogP contribution is -2.32. The summed E-state index contributed by atoms with van der Waals surface area (Å²) in [5, 5.41) is 0.208. The summed E-state index contributed by atoms with van der Waals surface area (Å²) in [5.74, 6) is 0. The number of rotatable bonds is 8. The molecule has 0 heterocycles. The number of halogens is 2. The van der Waals surface area contributed by atoms with Gasteiger partial charge >= 0.3 is 0 Å². The molecule has 0 fully saturated rings. The fourth-order valence-corrected chi connectivity index (χ4v) is 4.06. The second-order valence-corrected chi connectivity index (χ2v) is 7.61. The minimum absolute atomic E-state index is 0.0341. The van der Waals surface area contributed by atoms with E-state index in [9.17, 15) is 8.42 Å². The van der Waals surface area contributed by atoms with Crippen LogP contribution in [0.3, 0.4) is 0 Å². The first-order valence-corrected chi connectivity index (χ1v) is 9.29. The van der Waals surface area contributed by atoms with Crippen LogP contribution in [0.15, 0.2) is 17.0 Å². The molecule has 0 saturated heterocycles. The molecule has 0 aliphatic rings. The maximum atomic E-state index is 12.3. The molecule has 21 heavy (non-hydrogen) atoms. The van der Waals surface area contributed by atoms with Gasteiger partial charge < -0.3 is 5.73 Å². The number of hydrogen-bond acceptors (Lipinski definition) is 3. The predicted octanol–water partition coefficient (Wildman–Crippen LogP) is 4.21. The number of hydrogen-bond donors (Lipinski definition) is 2. The fourth-order valence-electron chi connectivity index (χ4n) is 2.02. The third-order valence-electron chi connectivity index (χ3n) is 3.23. The number of sulfonamides is 1. The van der Waals surface area contributed by atoms with Crippen molar-refractivity contribution in [3.05, 3.63) is 22.2 Å². The molecule has 0 radical (unpaired) electrons. The van der Waals surface area contributed by atoms with Crippen molar-refractivity contribution < 1.29 is 8.42 Å². The van der Waals surface area contributed by atoms with Gasteiger partial charge in [-0.15, -0.1) is 0 Å². The van der Waals surface area contributed by atoms with Crippen molar-refractivity contribution in [1.82, 2.24) is 4.72 Å². The summed E-state index contributed by atoms with van der Waals surface area (Å²) in [6.45, 7) is 3.98. The lowest BCUT2D eigenvalue weighted by atomic mass is 10.1. The Morgan fingerprint density at radius 1 is 1.24 bits per heavy atom. The lowest BCUT2D eigenvalue weighted by Gasteiger charge is -2.15. The SMILES string of the molecule is CCCCCCC(C)NS(=O)(=O)c1ccc(Cl)c(N)c1Cl. The number of nitrogens with two attached hydrogens (primary N) is 1. The third kappa shape index (κ3) is 5.33. The minimum atomic E-state index is -3.69.